The summed E-state index contributed by atoms with van der Waals surface area (Å²) in [6, 6.07) is 7.38. The van der Waals surface area contributed by atoms with Crippen molar-refractivity contribution < 1.29 is 4.79 Å². The molecule has 2 rings (SSSR count). The quantitative estimate of drug-likeness (QED) is 0.876. The Morgan fingerprint density at radius 1 is 1.05 bits per heavy atom. The highest BCUT2D eigenvalue weighted by Crippen LogP contribution is 2.00. The highest BCUT2D eigenvalue weighted by Gasteiger charge is 2.00. The normalized spacial score (nSPS) is 9.95. The van der Waals surface area contributed by atoms with E-state index in [-0.39, 0.29) is 6.03 Å². The number of hydrogen-bond acceptors (Lipinski definition) is 3. The Bertz CT molecular complexity index is 542. The van der Waals surface area contributed by atoms with Gasteiger partial charge in [0.15, 0.2) is 0 Å². The molecule has 0 aliphatic heterocycles. The molecule has 0 aromatic carbocycles. The standard InChI is InChI=1S/C14H16N4O/c1-11-8-13(4-7-16-11)10-18-14(19)17-9-12-2-5-15-6-3-12/h2-8H,9-10H2,1H3,(H2,17,18,19). The van der Waals surface area contributed by atoms with E-state index in [0.29, 0.717) is 13.1 Å². The molecule has 0 unspecified atom stereocenters. The van der Waals surface area contributed by atoms with Gasteiger partial charge in [0.25, 0.3) is 0 Å². The average Bonchev–Trinajstić information content (AvgIpc) is 2.44. The molecule has 0 aliphatic carbocycles. The van der Waals surface area contributed by atoms with Crippen molar-refractivity contribution in [3.8, 4) is 0 Å². The number of amides is 2. The van der Waals surface area contributed by atoms with Crippen molar-refractivity contribution in [3.63, 3.8) is 0 Å². The third kappa shape index (κ3) is 4.39. The number of hydrogen-bond donors (Lipinski definition) is 2. The first kappa shape index (κ1) is 13.0. The molecule has 2 amide bonds. The van der Waals surface area contributed by atoms with Crippen molar-refractivity contribution in [2.75, 3.05) is 0 Å². The smallest absolute Gasteiger partial charge is 0.315 e. The molecule has 2 aromatic heterocycles. The Hall–Kier alpha value is -2.43. The summed E-state index contributed by atoms with van der Waals surface area (Å²) < 4.78 is 0. The summed E-state index contributed by atoms with van der Waals surface area (Å²) in [5.41, 5.74) is 2.99. The predicted molar refractivity (Wildman–Crippen MR) is 72.3 cm³/mol. The number of aromatic nitrogens is 2. The first-order valence-electron chi connectivity index (χ1n) is 6.06. The number of aryl methyl sites for hydroxylation is 1. The topological polar surface area (TPSA) is 66.9 Å². The second-order valence-corrected chi connectivity index (χ2v) is 4.20. The van der Waals surface area contributed by atoms with Gasteiger partial charge in [-0.15, -0.1) is 0 Å². The van der Waals surface area contributed by atoms with E-state index in [2.05, 4.69) is 20.6 Å². The molecule has 0 radical (unpaired) electrons. The van der Waals surface area contributed by atoms with Gasteiger partial charge in [-0.05, 0) is 42.3 Å². The Labute approximate surface area is 112 Å². The monoisotopic (exact) mass is 256 g/mol. The lowest BCUT2D eigenvalue weighted by atomic mass is 10.2. The maximum atomic E-state index is 11.6. The molecule has 2 aromatic rings. The average molecular weight is 256 g/mol. The zero-order valence-electron chi connectivity index (χ0n) is 10.8. The maximum absolute atomic E-state index is 11.6. The van der Waals surface area contributed by atoms with Gasteiger partial charge in [0, 0.05) is 37.4 Å². The summed E-state index contributed by atoms with van der Waals surface area (Å²) in [4.78, 5) is 19.7. The predicted octanol–water partition coefficient (Wildman–Crippen LogP) is 1.78. The van der Waals surface area contributed by atoms with Crippen LogP contribution in [0.3, 0.4) is 0 Å². The lowest BCUT2D eigenvalue weighted by molar-refractivity contribution is 0.240. The lowest BCUT2D eigenvalue weighted by Crippen LogP contribution is -2.34. The molecule has 2 heterocycles. The summed E-state index contributed by atoms with van der Waals surface area (Å²) in [7, 11) is 0. The van der Waals surface area contributed by atoms with Crippen LogP contribution in [0.1, 0.15) is 16.8 Å². The summed E-state index contributed by atoms with van der Waals surface area (Å²) in [5.74, 6) is 0. The Morgan fingerprint density at radius 2 is 1.68 bits per heavy atom. The Kier molecular flexibility index (Phi) is 4.44. The molecule has 0 fully saturated rings. The van der Waals surface area contributed by atoms with Crippen LogP contribution in [0.2, 0.25) is 0 Å². The minimum atomic E-state index is -0.189. The van der Waals surface area contributed by atoms with Crippen LogP contribution in [-0.2, 0) is 13.1 Å². The largest absolute Gasteiger partial charge is 0.334 e. The summed E-state index contributed by atoms with van der Waals surface area (Å²) in [6.45, 7) is 2.91. The summed E-state index contributed by atoms with van der Waals surface area (Å²) in [5, 5.41) is 5.59. The minimum Gasteiger partial charge on any atom is -0.334 e. The molecule has 0 saturated carbocycles. The van der Waals surface area contributed by atoms with E-state index < -0.39 is 0 Å². The van der Waals surface area contributed by atoms with Crippen LogP contribution in [0.4, 0.5) is 4.79 Å². The van der Waals surface area contributed by atoms with Crippen LogP contribution in [-0.4, -0.2) is 16.0 Å². The third-order valence-electron chi connectivity index (χ3n) is 2.62. The minimum absolute atomic E-state index is 0.189. The molecule has 2 N–H and O–H groups in total. The molecule has 98 valence electrons. The molecule has 5 heteroatoms. The first-order chi connectivity index (χ1) is 9.24. The van der Waals surface area contributed by atoms with E-state index in [9.17, 15) is 4.79 Å². The van der Waals surface area contributed by atoms with E-state index in [0.717, 1.165) is 16.8 Å². The number of carbonyl (C=O) groups is 1. The zero-order valence-corrected chi connectivity index (χ0v) is 10.8. The molecule has 0 saturated heterocycles. The highest BCUT2D eigenvalue weighted by molar-refractivity contribution is 5.73. The molecular formula is C14H16N4O. The molecule has 0 spiro atoms. The van der Waals surface area contributed by atoms with Crippen molar-refractivity contribution in [2.45, 2.75) is 20.0 Å². The van der Waals surface area contributed by atoms with E-state index in [4.69, 9.17) is 0 Å². The van der Waals surface area contributed by atoms with Crippen LogP contribution < -0.4 is 10.6 Å². The fourth-order valence-electron chi connectivity index (χ4n) is 1.64. The van der Waals surface area contributed by atoms with Crippen LogP contribution in [0.5, 0.6) is 0 Å². The fraction of sp³-hybridized carbons (Fsp3) is 0.214. The van der Waals surface area contributed by atoms with Crippen LogP contribution >= 0.6 is 0 Å². The van der Waals surface area contributed by atoms with Crippen molar-refractivity contribution in [3.05, 3.63) is 59.7 Å². The van der Waals surface area contributed by atoms with Gasteiger partial charge in [0.05, 0.1) is 0 Å². The number of nitrogens with one attached hydrogen (secondary N) is 2. The van der Waals surface area contributed by atoms with Gasteiger partial charge >= 0.3 is 6.03 Å². The van der Waals surface area contributed by atoms with Gasteiger partial charge in [-0.2, -0.15) is 0 Å². The van der Waals surface area contributed by atoms with Gasteiger partial charge in [-0.3, -0.25) is 9.97 Å². The van der Waals surface area contributed by atoms with Gasteiger partial charge in [0.1, 0.15) is 0 Å². The second kappa shape index (κ2) is 6.49. The molecule has 19 heavy (non-hydrogen) atoms. The lowest BCUT2D eigenvalue weighted by Gasteiger charge is -2.08. The SMILES string of the molecule is Cc1cc(CNC(=O)NCc2ccncc2)ccn1. The van der Waals surface area contributed by atoms with Gasteiger partial charge in [0.2, 0.25) is 0 Å². The second-order valence-electron chi connectivity index (χ2n) is 4.20. The Morgan fingerprint density at radius 3 is 2.37 bits per heavy atom. The van der Waals surface area contributed by atoms with Crippen molar-refractivity contribution >= 4 is 6.03 Å². The third-order valence-corrected chi connectivity index (χ3v) is 2.62. The number of pyridine rings is 2. The van der Waals surface area contributed by atoms with E-state index in [1.54, 1.807) is 18.6 Å². The zero-order chi connectivity index (χ0) is 13.5. The van der Waals surface area contributed by atoms with Crippen molar-refractivity contribution in [2.24, 2.45) is 0 Å². The summed E-state index contributed by atoms with van der Waals surface area (Å²) >= 11 is 0. The molecular weight excluding hydrogens is 240 g/mol. The van der Waals surface area contributed by atoms with E-state index in [1.165, 1.54) is 0 Å². The van der Waals surface area contributed by atoms with E-state index >= 15 is 0 Å². The van der Waals surface area contributed by atoms with Crippen LogP contribution in [0.15, 0.2) is 42.9 Å². The van der Waals surface area contributed by atoms with Crippen LogP contribution in [0.25, 0.3) is 0 Å². The number of rotatable bonds is 4. The maximum Gasteiger partial charge on any atom is 0.315 e. The molecule has 5 nitrogen and oxygen atoms in total. The fourth-order valence-corrected chi connectivity index (χ4v) is 1.64. The highest BCUT2D eigenvalue weighted by atomic mass is 16.2. The number of nitrogens with zero attached hydrogens (tertiary/aromatic N) is 2. The Balaban J connectivity index is 1.76. The summed E-state index contributed by atoms with van der Waals surface area (Å²) in [6.07, 6.45) is 5.14. The molecule has 0 aliphatic rings. The number of carbonyl (C=O) groups excluding carboxylic acids is 1. The van der Waals surface area contributed by atoms with E-state index in [1.807, 2.05) is 31.2 Å². The van der Waals surface area contributed by atoms with Gasteiger partial charge in [-0.25, -0.2) is 4.79 Å². The van der Waals surface area contributed by atoms with Crippen molar-refractivity contribution in [1.82, 2.24) is 20.6 Å². The molecule has 0 bridgehead atoms. The first-order valence-corrected chi connectivity index (χ1v) is 6.06. The van der Waals surface area contributed by atoms with Gasteiger partial charge in [-0.1, -0.05) is 0 Å². The number of urea groups is 1. The van der Waals surface area contributed by atoms with Gasteiger partial charge < -0.3 is 10.6 Å². The van der Waals surface area contributed by atoms with Crippen LogP contribution in [0, 0.1) is 6.92 Å². The van der Waals surface area contributed by atoms with Crippen molar-refractivity contribution in [1.29, 1.82) is 0 Å². The molecule has 0 atom stereocenters.